The van der Waals surface area contributed by atoms with Gasteiger partial charge in [-0.2, -0.15) is 0 Å². The number of carbonyl (C=O) groups is 1. The highest BCUT2D eigenvalue weighted by atomic mass is 35.5. The molecule has 2 unspecified atom stereocenters. The Balaban J connectivity index is 1.95. The number of benzene rings is 1. The lowest BCUT2D eigenvalue weighted by Gasteiger charge is -2.30. The van der Waals surface area contributed by atoms with Gasteiger partial charge >= 0.3 is 0 Å². The summed E-state index contributed by atoms with van der Waals surface area (Å²) in [5, 5.41) is 3.83. The van der Waals surface area contributed by atoms with Crippen molar-refractivity contribution in [2.75, 3.05) is 6.54 Å². The van der Waals surface area contributed by atoms with Crippen LogP contribution in [0.25, 0.3) is 0 Å². The molecule has 4 heteroatoms. The Morgan fingerprint density at radius 2 is 2.10 bits per heavy atom. The van der Waals surface area contributed by atoms with Gasteiger partial charge in [-0.05, 0) is 30.9 Å². The fourth-order valence-corrected chi connectivity index (χ4v) is 3.41. The first kappa shape index (κ1) is 16.3. The van der Waals surface area contributed by atoms with Crippen molar-refractivity contribution in [2.24, 2.45) is 11.7 Å². The summed E-state index contributed by atoms with van der Waals surface area (Å²) >= 11 is 6.26. The van der Waals surface area contributed by atoms with Crippen molar-refractivity contribution >= 4 is 17.5 Å². The van der Waals surface area contributed by atoms with Gasteiger partial charge in [-0.1, -0.05) is 50.1 Å². The summed E-state index contributed by atoms with van der Waals surface area (Å²) in [5.41, 5.74) is 6.83. The van der Waals surface area contributed by atoms with E-state index < -0.39 is 0 Å². The van der Waals surface area contributed by atoms with Crippen LogP contribution < -0.4 is 11.1 Å². The maximum atomic E-state index is 12.3. The summed E-state index contributed by atoms with van der Waals surface area (Å²) in [7, 11) is 0. The number of nitrogens with one attached hydrogen (secondary N) is 1. The lowest BCUT2D eigenvalue weighted by Crippen LogP contribution is -2.42. The van der Waals surface area contributed by atoms with Crippen LogP contribution in [-0.2, 0) is 10.2 Å². The largest absolute Gasteiger partial charge is 0.355 e. The summed E-state index contributed by atoms with van der Waals surface area (Å²) in [6.45, 7) is 4.78. The van der Waals surface area contributed by atoms with Crippen LogP contribution in [0.4, 0.5) is 0 Å². The Kier molecular flexibility index (Phi) is 5.28. The Bertz CT molecular complexity index is 501. The van der Waals surface area contributed by atoms with E-state index in [4.69, 9.17) is 17.3 Å². The zero-order valence-electron chi connectivity index (χ0n) is 12.9. The van der Waals surface area contributed by atoms with E-state index in [1.807, 2.05) is 24.3 Å². The third-order valence-corrected chi connectivity index (χ3v) is 4.72. The number of carbonyl (C=O) groups excluding carboxylic acids is 1. The first-order valence-corrected chi connectivity index (χ1v) is 8.06. The van der Waals surface area contributed by atoms with Gasteiger partial charge in [-0.15, -0.1) is 0 Å². The van der Waals surface area contributed by atoms with E-state index in [1.54, 1.807) is 0 Å². The molecule has 1 amide bonds. The second-order valence-corrected chi connectivity index (χ2v) is 7.11. The molecule has 2 atom stereocenters. The first-order chi connectivity index (χ1) is 9.90. The topological polar surface area (TPSA) is 55.1 Å². The quantitative estimate of drug-likeness (QED) is 0.897. The minimum absolute atomic E-state index is 0.0656. The van der Waals surface area contributed by atoms with Gasteiger partial charge in [0.15, 0.2) is 0 Å². The van der Waals surface area contributed by atoms with Gasteiger partial charge in [0.05, 0.1) is 0 Å². The Labute approximate surface area is 132 Å². The molecule has 0 bridgehead atoms. The molecular formula is C17H25ClN2O. The lowest BCUT2D eigenvalue weighted by molar-refractivity contribution is -0.126. The number of nitrogens with two attached hydrogens (primary N) is 1. The van der Waals surface area contributed by atoms with E-state index in [-0.39, 0.29) is 23.3 Å². The molecule has 1 aliphatic rings. The van der Waals surface area contributed by atoms with Crippen molar-refractivity contribution in [3.63, 3.8) is 0 Å². The lowest BCUT2D eigenvalue weighted by atomic mass is 9.83. The minimum atomic E-state index is -0.190. The number of hydrogen-bond acceptors (Lipinski definition) is 2. The van der Waals surface area contributed by atoms with Crippen molar-refractivity contribution in [2.45, 2.75) is 51.0 Å². The number of rotatable bonds is 4. The van der Waals surface area contributed by atoms with Crippen LogP contribution >= 0.6 is 11.6 Å². The van der Waals surface area contributed by atoms with Crippen molar-refractivity contribution in [1.82, 2.24) is 5.32 Å². The van der Waals surface area contributed by atoms with Gasteiger partial charge in [-0.3, -0.25) is 4.79 Å². The molecule has 1 saturated carbocycles. The zero-order valence-corrected chi connectivity index (χ0v) is 13.6. The molecule has 0 radical (unpaired) electrons. The normalized spacial score (nSPS) is 22.9. The van der Waals surface area contributed by atoms with Crippen LogP contribution in [0.1, 0.15) is 45.1 Å². The Hall–Kier alpha value is -1.06. The van der Waals surface area contributed by atoms with E-state index in [0.717, 1.165) is 36.3 Å². The average Bonchev–Trinajstić information content (AvgIpc) is 2.45. The van der Waals surface area contributed by atoms with Gasteiger partial charge in [0, 0.05) is 28.9 Å². The molecule has 3 nitrogen and oxygen atoms in total. The molecule has 1 fully saturated rings. The fraction of sp³-hybridized carbons (Fsp3) is 0.588. The van der Waals surface area contributed by atoms with Crippen LogP contribution in [-0.4, -0.2) is 18.5 Å². The summed E-state index contributed by atoms with van der Waals surface area (Å²) < 4.78 is 0. The van der Waals surface area contributed by atoms with E-state index in [1.165, 1.54) is 0 Å². The number of hydrogen-bond donors (Lipinski definition) is 2. The van der Waals surface area contributed by atoms with Crippen molar-refractivity contribution in [3.8, 4) is 0 Å². The van der Waals surface area contributed by atoms with E-state index in [0.29, 0.717) is 6.54 Å². The molecule has 21 heavy (non-hydrogen) atoms. The third-order valence-electron chi connectivity index (χ3n) is 4.39. The molecule has 116 valence electrons. The van der Waals surface area contributed by atoms with Gasteiger partial charge in [0.1, 0.15) is 0 Å². The fourth-order valence-electron chi connectivity index (χ4n) is 3.02. The van der Waals surface area contributed by atoms with Crippen LogP contribution in [0.5, 0.6) is 0 Å². The maximum absolute atomic E-state index is 12.3. The zero-order chi connectivity index (χ0) is 15.5. The number of amides is 1. The first-order valence-electron chi connectivity index (χ1n) is 7.68. The molecule has 0 aliphatic heterocycles. The second kappa shape index (κ2) is 6.80. The predicted molar refractivity (Wildman–Crippen MR) is 87.4 cm³/mol. The Morgan fingerprint density at radius 1 is 1.38 bits per heavy atom. The van der Waals surface area contributed by atoms with Crippen molar-refractivity contribution in [1.29, 1.82) is 0 Å². The summed E-state index contributed by atoms with van der Waals surface area (Å²) in [4.78, 5) is 12.3. The number of halogens is 1. The summed E-state index contributed by atoms with van der Waals surface area (Å²) in [5.74, 6) is 0.195. The highest BCUT2D eigenvalue weighted by molar-refractivity contribution is 6.31. The van der Waals surface area contributed by atoms with Crippen molar-refractivity contribution < 1.29 is 4.79 Å². The third kappa shape index (κ3) is 4.21. The molecular weight excluding hydrogens is 284 g/mol. The average molecular weight is 309 g/mol. The van der Waals surface area contributed by atoms with E-state index in [9.17, 15) is 4.79 Å². The standard InChI is InChI=1S/C17H25ClN2O/c1-17(2,14-8-3-4-9-15(14)18)11-20-16(21)12-6-5-7-13(19)10-12/h3-4,8-9,12-13H,5-7,10-11,19H2,1-2H3,(H,20,21). The smallest absolute Gasteiger partial charge is 0.223 e. The molecule has 1 aliphatic carbocycles. The SMILES string of the molecule is CC(C)(CNC(=O)C1CCCC(N)C1)c1ccccc1Cl. The maximum Gasteiger partial charge on any atom is 0.223 e. The summed E-state index contributed by atoms with van der Waals surface area (Å²) in [6.07, 6.45) is 3.84. The van der Waals surface area contributed by atoms with Crippen LogP contribution in [0, 0.1) is 5.92 Å². The summed E-state index contributed by atoms with van der Waals surface area (Å²) in [6, 6.07) is 7.98. The molecule has 1 aromatic carbocycles. The van der Waals surface area contributed by atoms with E-state index >= 15 is 0 Å². The molecule has 3 N–H and O–H groups in total. The molecule has 1 aromatic rings. The second-order valence-electron chi connectivity index (χ2n) is 6.71. The molecule has 0 aromatic heterocycles. The molecule has 2 rings (SSSR count). The highest BCUT2D eigenvalue weighted by Crippen LogP contribution is 2.29. The highest BCUT2D eigenvalue weighted by Gasteiger charge is 2.28. The van der Waals surface area contributed by atoms with Crippen LogP contribution in [0.3, 0.4) is 0 Å². The van der Waals surface area contributed by atoms with Gasteiger partial charge in [0.25, 0.3) is 0 Å². The van der Waals surface area contributed by atoms with Crippen molar-refractivity contribution in [3.05, 3.63) is 34.9 Å². The van der Waals surface area contributed by atoms with Gasteiger partial charge < -0.3 is 11.1 Å². The van der Waals surface area contributed by atoms with Gasteiger partial charge in [-0.25, -0.2) is 0 Å². The van der Waals surface area contributed by atoms with Crippen LogP contribution in [0.15, 0.2) is 24.3 Å². The van der Waals surface area contributed by atoms with Crippen LogP contribution in [0.2, 0.25) is 5.02 Å². The van der Waals surface area contributed by atoms with E-state index in [2.05, 4.69) is 19.2 Å². The Morgan fingerprint density at radius 3 is 2.76 bits per heavy atom. The minimum Gasteiger partial charge on any atom is -0.355 e. The monoisotopic (exact) mass is 308 g/mol. The van der Waals surface area contributed by atoms with Gasteiger partial charge in [0.2, 0.25) is 5.91 Å². The molecule has 0 heterocycles. The molecule has 0 saturated heterocycles. The molecule has 0 spiro atoms. The predicted octanol–water partition coefficient (Wildman–Crippen LogP) is 3.25.